The van der Waals surface area contributed by atoms with Gasteiger partial charge in [0.15, 0.2) is 9.84 Å². The molecule has 2 aliphatic heterocycles. The summed E-state index contributed by atoms with van der Waals surface area (Å²) in [6, 6.07) is -0.512. The molecule has 2 saturated heterocycles. The number of rotatable bonds is 0. The summed E-state index contributed by atoms with van der Waals surface area (Å²) >= 11 is 0. The van der Waals surface area contributed by atoms with E-state index in [-0.39, 0.29) is 11.5 Å². The number of nitrogens with zero attached hydrogens (tertiary/aromatic N) is 1. The van der Waals surface area contributed by atoms with Crippen LogP contribution in [0, 0.1) is 0 Å². The zero-order valence-corrected chi connectivity index (χ0v) is 9.12. The van der Waals surface area contributed by atoms with E-state index >= 15 is 0 Å². The standard InChI is InChI=1S/C8H14N2O4S/c9-7(11)10-2-3-14-8(5-10)1-4-15(12,13)6-8/h1-6H2,(H2,9,11). The number of nitrogens with two attached hydrogens (primary N) is 1. The molecule has 6 nitrogen and oxygen atoms in total. The van der Waals surface area contributed by atoms with Gasteiger partial charge in [-0.2, -0.15) is 0 Å². The lowest BCUT2D eigenvalue weighted by molar-refractivity contribution is -0.0794. The van der Waals surface area contributed by atoms with Crippen molar-refractivity contribution in [3.8, 4) is 0 Å². The van der Waals surface area contributed by atoms with Crippen LogP contribution in [0.3, 0.4) is 0 Å². The molecule has 2 fully saturated rings. The number of primary amides is 1. The van der Waals surface area contributed by atoms with Crippen LogP contribution in [0.1, 0.15) is 6.42 Å². The first-order valence-corrected chi connectivity index (χ1v) is 6.63. The Hall–Kier alpha value is -0.820. The van der Waals surface area contributed by atoms with E-state index in [1.54, 1.807) is 0 Å². The summed E-state index contributed by atoms with van der Waals surface area (Å²) in [6.45, 7) is 1.09. The Morgan fingerprint density at radius 3 is 2.73 bits per heavy atom. The SMILES string of the molecule is NC(=O)N1CCOC2(CCS(=O)(=O)C2)C1. The molecule has 0 radical (unpaired) electrons. The van der Waals surface area contributed by atoms with Gasteiger partial charge in [-0.15, -0.1) is 0 Å². The van der Waals surface area contributed by atoms with Crippen LogP contribution < -0.4 is 5.73 Å². The van der Waals surface area contributed by atoms with Gasteiger partial charge in [-0.05, 0) is 6.42 Å². The third-order valence-electron chi connectivity index (χ3n) is 2.91. The fraction of sp³-hybridized carbons (Fsp3) is 0.875. The molecular weight excluding hydrogens is 220 g/mol. The van der Waals surface area contributed by atoms with Gasteiger partial charge in [-0.3, -0.25) is 0 Å². The molecule has 15 heavy (non-hydrogen) atoms. The highest BCUT2D eigenvalue weighted by atomic mass is 32.2. The Bertz CT molecular complexity index is 380. The van der Waals surface area contributed by atoms with E-state index in [1.165, 1.54) is 4.90 Å². The van der Waals surface area contributed by atoms with Crippen LogP contribution in [-0.2, 0) is 14.6 Å². The largest absolute Gasteiger partial charge is 0.370 e. The molecule has 2 aliphatic rings. The zero-order chi connectivity index (χ0) is 11.1. The Morgan fingerprint density at radius 1 is 1.47 bits per heavy atom. The molecule has 7 heteroatoms. The highest BCUT2D eigenvalue weighted by Crippen LogP contribution is 2.30. The molecule has 2 amide bonds. The molecular formula is C8H14N2O4S. The average Bonchev–Trinajstić information content (AvgIpc) is 2.42. The first-order chi connectivity index (χ1) is 6.93. The second-order valence-corrected chi connectivity index (χ2v) is 6.32. The third kappa shape index (κ3) is 2.07. The number of hydrogen-bond acceptors (Lipinski definition) is 4. The Morgan fingerprint density at radius 2 is 2.20 bits per heavy atom. The number of urea groups is 1. The van der Waals surface area contributed by atoms with Crippen molar-refractivity contribution < 1.29 is 17.9 Å². The predicted molar refractivity (Wildman–Crippen MR) is 53.1 cm³/mol. The van der Waals surface area contributed by atoms with Gasteiger partial charge in [0.2, 0.25) is 0 Å². The molecule has 1 atom stereocenters. The van der Waals surface area contributed by atoms with Crippen molar-refractivity contribution in [3.63, 3.8) is 0 Å². The smallest absolute Gasteiger partial charge is 0.314 e. The van der Waals surface area contributed by atoms with Crippen molar-refractivity contribution in [1.29, 1.82) is 0 Å². The van der Waals surface area contributed by atoms with E-state index in [0.717, 1.165) is 0 Å². The van der Waals surface area contributed by atoms with Crippen LogP contribution in [0.15, 0.2) is 0 Å². The van der Waals surface area contributed by atoms with Crippen LogP contribution >= 0.6 is 0 Å². The summed E-state index contributed by atoms with van der Waals surface area (Å²) in [4.78, 5) is 12.4. The normalized spacial score (nSPS) is 34.5. The second-order valence-electron chi connectivity index (χ2n) is 4.13. The van der Waals surface area contributed by atoms with Gasteiger partial charge in [0.25, 0.3) is 0 Å². The van der Waals surface area contributed by atoms with Gasteiger partial charge < -0.3 is 15.4 Å². The van der Waals surface area contributed by atoms with E-state index in [1.807, 2.05) is 0 Å². The predicted octanol–water partition coefficient (Wildman–Crippen LogP) is -1.05. The first-order valence-electron chi connectivity index (χ1n) is 4.81. The maximum atomic E-state index is 11.4. The lowest BCUT2D eigenvalue weighted by atomic mass is 10.0. The van der Waals surface area contributed by atoms with Gasteiger partial charge in [0.1, 0.15) is 5.60 Å². The number of sulfone groups is 1. The van der Waals surface area contributed by atoms with Crippen LogP contribution in [0.5, 0.6) is 0 Å². The Kier molecular flexibility index (Phi) is 2.38. The molecule has 86 valence electrons. The molecule has 1 unspecified atom stereocenters. The van der Waals surface area contributed by atoms with Crippen molar-refractivity contribution in [2.75, 3.05) is 31.2 Å². The fourth-order valence-corrected chi connectivity index (χ4v) is 4.11. The number of carbonyl (C=O) groups is 1. The number of carbonyl (C=O) groups excluding carboxylic acids is 1. The minimum Gasteiger partial charge on any atom is -0.370 e. The quantitative estimate of drug-likeness (QED) is 0.579. The monoisotopic (exact) mass is 234 g/mol. The van der Waals surface area contributed by atoms with Gasteiger partial charge in [-0.1, -0.05) is 0 Å². The maximum Gasteiger partial charge on any atom is 0.314 e. The lowest BCUT2D eigenvalue weighted by Crippen LogP contribution is -2.55. The first kappa shape index (κ1) is 10.7. The summed E-state index contributed by atoms with van der Waals surface area (Å²) in [7, 11) is -3.01. The van der Waals surface area contributed by atoms with Crippen molar-refractivity contribution in [1.82, 2.24) is 4.90 Å². The summed E-state index contributed by atoms with van der Waals surface area (Å²) < 4.78 is 28.2. The Labute approximate surface area is 88.3 Å². The molecule has 1 spiro atoms. The molecule has 0 saturated carbocycles. The van der Waals surface area contributed by atoms with Crippen molar-refractivity contribution >= 4 is 15.9 Å². The lowest BCUT2D eigenvalue weighted by Gasteiger charge is -2.38. The number of amides is 2. The van der Waals surface area contributed by atoms with Crippen LogP contribution in [0.4, 0.5) is 4.79 Å². The van der Waals surface area contributed by atoms with E-state index in [9.17, 15) is 13.2 Å². The molecule has 2 heterocycles. The van der Waals surface area contributed by atoms with E-state index in [4.69, 9.17) is 10.5 Å². The van der Waals surface area contributed by atoms with Crippen molar-refractivity contribution in [2.24, 2.45) is 5.73 Å². The van der Waals surface area contributed by atoms with Crippen LogP contribution in [-0.4, -0.2) is 56.2 Å². The van der Waals surface area contributed by atoms with Gasteiger partial charge in [0.05, 0.1) is 24.7 Å². The molecule has 2 N–H and O–H groups in total. The minimum absolute atomic E-state index is 0.00375. The molecule has 0 bridgehead atoms. The van der Waals surface area contributed by atoms with Gasteiger partial charge in [0, 0.05) is 6.54 Å². The fourth-order valence-electron chi connectivity index (χ4n) is 2.16. The summed E-state index contributed by atoms with van der Waals surface area (Å²) in [5, 5.41) is 0. The second kappa shape index (κ2) is 3.34. The van der Waals surface area contributed by atoms with E-state index < -0.39 is 21.5 Å². The molecule has 0 aromatic rings. The molecule has 0 aromatic heterocycles. The van der Waals surface area contributed by atoms with Crippen LogP contribution in [0.25, 0.3) is 0 Å². The number of hydrogen-bond donors (Lipinski definition) is 1. The maximum absolute atomic E-state index is 11.4. The van der Waals surface area contributed by atoms with Crippen LogP contribution in [0.2, 0.25) is 0 Å². The van der Waals surface area contributed by atoms with Gasteiger partial charge >= 0.3 is 6.03 Å². The van der Waals surface area contributed by atoms with Crippen molar-refractivity contribution in [3.05, 3.63) is 0 Å². The zero-order valence-electron chi connectivity index (χ0n) is 8.31. The topological polar surface area (TPSA) is 89.7 Å². The van der Waals surface area contributed by atoms with E-state index in [0.29, 0.717) is 26.1 Å². The minimum atomic E-state index is -3.01. The average molecular weight is 234 g/mol. The number of morpholine rings is 1. The molecule has 0 aliphatic carbocycles. The highest BCUT2D eigenvalue weighted by Gasteiger charge is 2.46. The number of ether oxygens (including phenoxy) is 1. The summed E-state index contributed by atoms with van der Waals surface area (Å²) in [5.74, 6) is 0.142. The summed E-state index contributed by atoms with van der Waals surface area (Å²) in [5.41, 5.74) is 4.47. The third-order valence-corrected chi connectivity index (χ3v) is 4.70. The van der Waals surface area contributed by atoms with Crippen molar-refractivity contribution in [2.45, 2.75) is 12.0 Å². The highest BCUT2D eigenvalue weighted by molar-refractivity contribution is 7.91. The van der Waals surface area contributed by atoms with E-state index in [2.05, 4.69) is 0 Å². The molecule has 0 aromatic carbocycles. The molecule has 2 rings (SSSR count). The summed E-state index contributed by atoms with van der Waals surface area (Å²) in [6.07, 6.45) is 0.457. The Balaban J connectivity index is 2.14. The van der Waals surface area contributed by atoms with Gasteiger partial charge in [-0.25, -0.2) is 13.2 Å².